The van der Waals surface area contributed by atoms with Gasteiger partial charge in [-0.3, -0.25) is 0 Å². The van der Waals surface area contributed by atoms with Crippen LogP contribution in [0.5, 0.6) is 0 Å². The van der Waals surface area contributed by atoms with Gasteiger partial charge in [0.1, 0.15) is 15.2 Å². The highest BCUT2D eigenvalue weighted by Crippen LogP contribution is 2.24. The third kappa shape index (κ3) is 2.31. The van der Waals surface area contributed by atoms with Crippen molar-refractivity contribution in [3.63, 3.8) is 0 Å². The number of aliphatic hydroxyl groups excluding tert-OH is 1. The van der Waals surface area contributed by atoms with Gasteiger partial charge in [0.15, 0.2) is 0 Å². The molecule has 0 aliphatic heterocycles. The lowest BCUT2D eigenvalue weighted by Gasteiger charge is -2.05. The lowest BCUT2D eigenvalue weighted by molar-refractivity contribution is 0.149. The lowest BCUT2D eigenvalue weighted by atomic mass is 10.2. The third-order valence-electron chi connectivity index (χ3n) is 1.41. The molecule has 0 aromatic carbocycles. The number of rotatable bonds is 2. The van der Waals surface area contributed by atoms with Gasteiger partial charge < -0.3 is 5.11 Å². The van der Waals surface area contributed by atoms with E-state index in [-0.39, 0.29) is 9.39 Å². The van der Waals surface area contributed by atoms with Crippen molar-refractivity contribution in [2.75, 3.05) is 0 Å². The number of hydrogen-bond donors (Lipinski definition) is 1. The van der Waals surface area contributed by atoms with Crippen LogP contribution in [0.15, 0.2) is 6.07 Å². The number of alkyl halides is 2. The van der Waals surface area contributed by atoms with Crippen LogP contribution in [0.25, 0.3) is 0 Å². The normalized spacial score (nSPS) is 10.9. The van der Waals surface area contributed by atoms with E-state index in [1.54, 1.807) is 22.6 Å². The molecule has 0 radical (unpaired) electrons. The molecule has 1 N–H and O–H groups in total. The summed E-state index contributed by atoms with van der Waals surface area (Å²) >= 11 is 1.57. The fourth-order valence-corrected chi connectivity index (χ4v) is 1.46. The van der Waals surface area contributed by atoms with Crippen molar-refractivity contribution in [3.05, 3.63) is 26.8 Å². The summed E-state index contributed by atoms with van der Waals surface area (Å²) in [6.07, 6.45) is -2.75. The Hall–Kier alpha value is -0.370. The third-order valence-corrected chi connectivity index (χ3v) is 2.28. The Kier molecular flexibility index (Phi) is 3.48. The van der Waals surface area contributed by atoms with E-state index in [0.29, 0.717) is 6.07 Å². The van der Waals surface area contributed by atoms with Crippen LogP contribution in [0.3, 0.4) is 0 Å². The van der Waals surface area contributed by atoms with Gasteiger partial charge in [0.05, 0.1) is 12.2 Å². The van der Waals surface area contributed by atoms with Crippen molar-refractivity contribution in [1.29, 1.82) is 0 Å². The molecule has 0 spiro atoms. The Morgan fingerprint density at radius 3 is 2.62 bits per heavy atom. The van der Waals surface area contributed by atoms with Crippen LogP contribution in [-0.2, 0) is 6.61 Å². The smallest absolute Gasteiger partial charge is 0.266 e. The SMILES string of the molecule is OCc1nc(I)c(C(F)F)cc1F. The van der Waals surface area contributed by atoms with Gasteiger partial charge in [0.2, 0.25) is 0 Å². The molecular weight excluding hydrogens is 298 g/mol. The van der Waals surface area contributed by atoms with Gasteiger partial charge in [-0.1, -0.05) is 0 Å². The average molecular weight is 303 g/mol. The second kappa shape index (κ2) is 4.23. The maximum Gasteiger partial charge on any atom is 0.266 e. The number of nitrogens with zero attached hydrogens (tertiary/aromatic N) is 1. The average Bonchev–Trinajstić information content (AvgIpc) is 2.07. The minimum Gasteiger partial charge on any atom is -0.390 e. The summed E-state index contributed by atoms with van der Waals surface area (Å²) in [7, 11) is 0. The van der Waals surface area contributed by atoms with E-state index in [9.17, 15) is 13.2 Å². The molecule has 0 atom stereocenters. The molecule has 72 valence electrons. The predicted octanol–water partition coefficient (Wildman–Crippen LogP) is 2.26. The number of aromatic nitrogens is 1. The molecule has 2 nitrogen and oxygen atoms in total. The summed E-state index contributed by atoms with van der Waals surface area (Å²) in [5.41, 5.74) is -0.663. The van der Waals surface area contributed by atoms with Crippen LogP contribution in [0.1, 0.15) is 17.7 Å². The van der Waals surface area contributed by atoms with Crippen molar-refractivity contribution < 1.29 is 18.3 Å². The van der Waals surface area contributed by atoms with Crippen molar-refractivity contribution in [3.8, 4) is 0 Å². The Balaban J connectivity index is 3.20. The van der Waals surface area contributed by atoms with E-state index >= 15 is 0 Å². The zero-order valence-electron chi connectivity index (χ0n) is 6.27. The molecule has 1 rings (SSSR count). The van der Waals surface area contributed by atoms with E-state index in [4.69, 9.17) is 5.11 Å². The molecule has 13 heavy (non-hydrogen) atoms. The second-order valence-corrected chi connectivity index (χ2v) is 3.28. The van der Waals surface area contributed by atoms with Gasteiger partial charge in [0.25, 0.3) is 6.43 Å². The first-order valence-electron chi connectivity index (χ1n) is 3.30. The summed E-state index contributed by atoms with van der Waals surface area (Å²) < 4.78 is 37.2. The van der Waals surface area contributed by atoms with Crippen molar-refractivity contribution in [1.82, 2.24) is 4.98 Å². The van der Waals surface area contributed by atoms with Crippen LogP contribution >= 0.6 is 22.6 Å². The number of pyridine rings is 1. The Morgan fingerprint density at radius 2 is 2.15 bits per heavy atom. The van der Waals surface area contributed by atoms with Crippen LogP contribution in [0.2, 0.25) is 0 Å². The van der Waals surface area contributed by atoms with Gasteiger partial charge in [-0.25, -0.2) is 18.2 Å². The lowest BCUT2D eigenvalue weighted by Crippen LogP contribution is -2.01. The molecule has 0 aliphatic carbocycles. The fourth-order valence-electron chi connectivity index (χ4n) is 0.780. The monoisotopic (exact) mass is 303 g/mol. The Morgan fingerprint density at radius 1 is 1.54 bits per heavy atom. The molecule has 1 aromatic heterocycles. The molecule has 0 fully saturated rings. The van der Waals surface area contributed by atoms with Gasteiger partial charge in [0, 0.05) is 0 Å². The number of hydrogen-bond acceptors (Lipinski definition) is 2. The first-order valence-corrected chi connectivity index (χ1v) is 4.38. The largest absolute Gasteiger partial charge is 0.390 e. The topological polar surface area (TPSA) is 33.1 Å². The summed E-state index contributed by atoms with van der Waals surface area (Å²) in [5, 5.41) is 8.58. The van der Waals surface area contributed by atoms with E-state index in [1.807, 2.05) is 0 Å². The van der Waals surface area contributed by atoms with Gasteiger partial charge >= 0.3 is 0 Å². The maximum absolute atomic E-state index is 12.8. The first-order chi connectivity index (χ1) is 6.06. The summed E-state index contributed by atoms with van der Waals surface area (Å²) in [4.78, 5) is 3.49. The van der Waals surface area contributed by atoms with E-state index in [0.717, 1.165) is 0 Å². The molecule has 6 heteroatoms. The molecular formula is C7H5F3INO. The zero-order valence-corrected chi connectivity index (χ0v) is 8.43. The van der Waals surface area contributed by atoms with Gasteiger partial charge in [-0.05, 0) is 28.7 Å². The van der Waals surface area contributed by atoms with Crippen LogP contribution in [0.4, 0.5) is 13.2 Å². The van der Waals surface area contributed by atoms with E-state index < -0.39 is 24.4 Å². The maximum atomic E-state index is 12.8. The van der Waals surface area contributed by atoms with Gasteiger partial charge in [-0.15, -0.1) is 0 Å². The molecule has 0 bridgehead atoms. The van der Waals surface area contributed by atoms with E-state index in [2.05, 4.69) is 4.98 Å². The molecule has 0 saturated carbocycles. The van der Waals surface area contributed by atoms with Crippen LogP contribution in [-0.4, -0.2) is 10.1 Å². The Bertz CT molecular complexity index is 319. The standard InChI is InChI=1S/C7H5F3INO/c8-4-1-3(6(9)10)7(11)12-5(4)2-13/h1,6,13H,2H2. The van der Waals surface area contributed by atoms with E-state index in [1.165, 1.54) is 0 Å². The summed E-state index contributed by atoms with van der Waals surface area (Å²) in [6.45, 7) is -0.592. The minimum absolute atomic E-state index is 0.0121. The van der Waals surface area contributed by atoms with Gasteiger partial charge in [-0.2, -0.15) is 0 Å². The second-order valence-electron chi connectivity index (χ2n) is 2.26. The summed E-state index contributed by atoms with van der Waals surface area (Å²) in [5.74, 6) is -0.904. The highest BCUT2D eigenvalue weighted by molar-refractivity contribution is 14.1. The highest BCUT2D eigenvalue weighted by atomic mass is 127. The molecule has 0 unspecified atom stereocenters. The highest BCUT2D eigenvalue weighted by Gasteiger charge is 2.16. The van der Waals surface area contributed by atoms with Crippen molar-refractivity contribution >= 4 is 22.6 Å². The zero-order chi connectivity index (χ0) is 10.0. The summed E-state index contributed by atoms with van der Waals surface area (Å²) in [6, 6.07) is 0.699. The molecule has 0 aliphatic rings. The minimum atomic E-state index is -2.75. The Labute approximate surface area is 85.9 Å². The number of halogens is 4. The molecule has 1 heterocycles. The van der Waals surface area contributed by atoms with Crippen molar-refractivity contribution in [2.45, 2.75) is 13.0 Å². The van der Waals surface area contributed by atoms with Crippen LogP contribution in [0, 0.1) is 9.52 Å². The molecule has 0 saturated heterocycles. The number of aliphatic hydroxyl groups is 1. The van der Waals surface area contributed by atoms with Crippen molar-refractivity contribution in [2.24, 2.45) is 0 Å². The predicted molar refractivity (Wildman–Crippen MR) is 47.8 cm³/mol. The quantitative estimate of drug-likeness (QED) is 0.671. The fraction of sp³-hybridized carbons (Fsp3) is 0.286. The molecule has 1 aromatic rings. The first kappa shape index (κ1) is 10.7. The molecule has 0 amide bonds. The van der Waals surface area contributed by atoms with Crippen LogP contribution < -0.4 is 0 Å².